The van der Waals surface area contributed by atoms with E-state index in [0.717, 1.165) is 42.5 Å². The van der Waals surface area contributed by atoms with Gasteiger partial charge in [0, 0.05) is 24.1 Å². The van der Waals surface area contributed by atoms with Gasteiger partial charge in [0.25, 0.3) is 5.69 Å². The molecular formula is C15H18N2O3. The van der Waals surface area contributed by atoms with Crippen molar-refractivity contribution in [2.75, 3.05) is 0 Å². The SMILES string of the molecule is CC1=Nc2c(C)cc([N+](=O)[O-])c(C)c2C2(CCCC2)O1. The molecule has 1 aromatic rings. The molecule has 0 amide bonds. The molecule has 1 aliphatic carbocycles. The average molecular weight is 274 g/mol. The topological polar surface area (TPSA) is 64.7 Å². The molecule has 0 saturated heterocycles. The highest BCUT2D eigenvalue weighted by Gasteiger charge is 2.45. The van der Waals surface area contributed by atoms with Gasteiger partial charge in [0.05, 0.1) is 10.6 Å². The highest BCUT2D eigenvalue weighted by atomic mass is 16.6. The van der Waals surface area contributed by atoms with E-state index in [1.165, 1.54) is 0 Å². The standard InChI is InChI=1S/C15H18N2O3/c1-9-8-12(17(18)19)10(2)13-14(9)16-11(3)20-15(13)6-4-5-7-15/h8H,4-7H2,1-3H3. The molecule has 0 unspecified atom stereocenters. The Bertz CT molecular complexity index is 628. The van der Waals surface area contributed by atoms with Crippen LogP contribution in [-0.2, 0) is 10.3 Å². The van der Waals surface area contributed by atoms with Crippen LogP contribution in [0.2, 0.25) is 0 Å². The van der Waals surface area contributed by atoms with Gasteiger partial charge in [0.1, 0.15) is 5.60 Å². The monoisotopic (exact) mass is 274 g/mol. The zero-order valence-corrected chi connectivity index (χ0v) is 12.0. The van der Waals surface area contributed by atoms with E-state index < -0.39 is 5.60 Å². The van der Waals surface area contributed by atoms with Gasteiger partial charge < -0.3 is 4.74 Å². The number of ether oxygens (including phenoxy) is 1. The molecule has 1 aromatic carbocycles. The van der Waals surface area contributed by atoms with Crippen LogP contribution < -0.4 is 0 Å². The Balaban J connectivity index is 2.33. The predicted octanol–water partition coefficient (Wildman–Crippen LogP) is 4.06. The van der Waals surface area contributed by atoms with Crippen LogP contribution >= 0.6 is 0 Å². The molecule has 0 bridgehead atoms. The quantitative estimate of drug-likeness (QED) is 0.573. The number of hydrogen-bond donors (Lipinski definition) is 0. The van der Waals surface area contributed by atoms with Crippen molar-refractivity contribution in [3.05, 3.63) is 32.9 Å². The third-order valence-electron chi connectivity index (χ3n) is 4.40. The molecule has 1 saturated carbocycles. The average Bonchev–Trinajstić information content (AvgIpc) is 2.81. The van der Waals surface area contributed by atoms with Gasteiger partial charge in [-0.25, -0.2) is 4.99 Å². The minimum absolute atomic E-state index is 0.172. The summed E-state index contributed by atoms with van der Waals surface area (Å²) >= 11 is 0. The Kier molecular flexibility index (Phi) is 2.81. The summed E-state index contributed by atoms with van der Waals surface area (Å²) in [6.45, 7) is 5.56. The summed E-state index contributed by atoms with van der Waals surface area (Å²) in [5, 5.41) is 11.3. The van der Waals surface area contributed by atoms with Crippen LogP contribution in [0.15, 0.2) is 11.1 Å². The van der Waals surface area contributed by atoms with Crippen molar-refractivity contribution in [2.45, 2.75) is 52.1 Å². The van der Waals surface area contributed by atoms with Crippen molar-refractivity contribution in [3.8, 4) is 0 Å². The highest BCUT2D eigenvalue weighted by Crippen LogP contribution is 2.52. The molecule has 1 spiro atoms. The van der Waals surface area contributed by atoms with Crippen molar-refractivity contribution >= 4 is 17.3 Å². The first-order chi connectivity index (χ1) is 9.44. The number of aliphatic imine (C=N–C) groups is 1. The van der Waals surface area contributed by atoms with Crippen LogP contribution in [0.4, 0.5) is 11.4 Å². The molecule has 20 heavy (non-hydrogen) atoms. The van der Waals surface area contributed by atoms with Crippen LogP contribution in [0, 0.1) is 24.0 Å². The lowest BCUT2D eigenvalue weighted by Crippen LogP contribution is -2.32. The van der Waals surface area contributed by atoms with Crippen molar-refractivity contribution in [1.82, 2.24) is 0 Å². The van der Waals surface area contributed by atoms with E-state index in [4.69, 9.17) is 4.74 Å². The summed E-state index contributed by atoms with van der Waals surface area (Å²) in [4.78, 5) is 15.4. The maximum atomic E-state index is 11.3. The maximum Gasteiger partial charge on any atom is 0.273 e. The van der Waals surface area contributed by atoms with Gasteiger partial charge in [-0.05, 0) is 45.1 Å². The molecule has 1 aliphatic heterocycles. The van der Waals surface area contributed by atoms with E-state index in [2.05, 4.69) is 4.99 Å². The first-order valence-electron chi connectivity index (χ1n) is 6.98. The molecule has 3 rings (SSSR count). The number of nitrogens with zero attached hydrogens (tertiary/aromatic N) is 2. The zero-order valence-electron chi connectivity index (χ0n) is 12.0. The van der Waals surface area contributed by atoms with Gasteiger partial charge >= 0.3 is 0 Å². The predicted molar refractivity (Wildman–Crippen MR) is 76.6 cm³/mol. The molecule has 1 heterocycles. The lowest BCUT2D eigenvalue weighted by molar-refractivity contribution is -0.385. The molecule has 0 N–H and O–H groups in total. The highest BCUT2D eigenvalue weighted by molar-refractivity contribution is 5.83. The summed E-state index contributed by atoms with van der Waals surface area (Å²) in [7, 11) is 0. The van der Waals surface area contributed by atoms with E-state index in [-0.39, 0.29) is 10.6 Å². The summed E-state index contributed by atoms with van der Waals surface area (Å²) in [5.41, 5.74) is 3.14. The maximum absolute atomic E-state index is 11.3. The Morgan fingerprint density at radius 2 is 1.95 bits per heavy atom. The Morgan fingerprint density at radius 1 is 1.30 bits per heavy atom. The molecule has 5 heteroatoms. The Hall–Kier alpha value is -1.91. The van der Waals surface area contributed by atoms with Crippen LogP contribution in [-0.4, -0.2) is 10.8 Å². The molecule has 0 atom stereocenters. The summed E-state index contributed by atoms with van der Waals surface area (Å²) in [6.07, 6.45) is 4.00. The van der Waals surface area contributed by atoms with Crippen molar-refractivity contribution in [3.63, 3.8) is 0 Å². The number of benzene rings is 1. The first-order valence-corrected chi connectivity index (χ1v) is 6.98. The fourth-order valence-electron chi connectivity index (χ4n) is 3.59. The number of fused-ring (bicyclic) bond motifs is 2. The first kappa shape index (κ1) is 13.1. The van der Waals surface area contributed by atoms with Gasteiger partial charge in [-0.15, -0.1) is 0 Å². The van der Waals surface area contributed by atoms with Crippen molar-refractivity contribution in [1.29, 1.82) is 0 Å². The number of rotatable bonds is 1. The Labute approximate surface area is 117 Å². The number of aryl methyl sites for hydroxylation is 1. The molecule has 106 valence electrons. The van der Waals surface area contributed by atoms with Crippen LogP contribution in [0.3, 0.4) is 0 Å². The second-order valence-electron chi connectivity index (χ2n) is 5.75. The second kappa shape index (κ2) is 4.30. The lowest BCUT2D eigenvalue weighted by atomic mass is 9.84. The summed E-state index contributed by atoms with van der Waals surface area (Å²) in [5.74, 6) is 0.663. The van der Waals surface area contributed by atoms with E-state index in [1.807, 2.05) is 20.8 Å². The molecule has 0 radical (unpaired) electrons. The van der Waals surface area contributed by atoms with E-state index >= 15 is 0 Å². The number of hydrogen-bond acceptors (Lipinski definition) is 4. The third-order valence-corrected chi connectivity index (χ3v) is 4.40. The molecule has 1 fully saturated rings. The van der Waals surface area contributed by atoms with E-state index in [9.17, 15) is 10.1 Å². The number of nitro groups is 1. The minimum atomic E-state index is -0.401. The molecule has 0 aromatic heterocycles. The third kappa shape index (κ3) is 1.72. The zero-order chi connectivity index (χ0) is 14.5. The fraction of sp³-hybridized carbons (Fsp3) is 0.533. The summed E-state index contributed by atoms with van der Waals surface area (Å²) in [6, 6.07) is 1.62. The lowest BCUT2D eigenvalue weighted by Gasteiger charge is -2.36. The molecule has 2 aliphatic rings. The molecular weight excluding hydrogens is 256 g/mol. The minimum Gasteiger partial charge on any atom is -0.470 e. The van der Waals surface area contributed by atoms with Crippen molar-refractivity contribution in [2.24, 2.45) is 4.99 Å². The van der Waals surface area contributed by atoms with Crippen LogP contribution in [0.5, 0.6) is 0 Å². The Morgan fingerprint density at radius 3 is 2.55 bits per heavy atom. The largest absolute Gasteiger partial charge is 0.470 e. The molecule has 5 nitrogen and oxygen atoms in total. The van der Waals surface area contributed by atoms with Gasteiger partial charge in [-0.3, -0.25) is 10.1 Å². The normalized spacial score (nSPS) is 19.4. The van der Waals surface area contributed by atoms with E-state index in [0.29, 0.717) is 11.5 Å². The van der Waals surface area contributed by atoms with Crippen molar-refractivity contribution < 1.29 is 9.66 Å². The van der Waals surface area contributed by atoms with Crippen LogP contribution in [0.25, 0.3) is 0 Å². The smallest absolute Gasteiger partial charge is 0.273 e. The van der Waals surface area contributed by atoms with Gasteiger partial charge in [-0.2, -0.15) is 0 Å². The second-order valence-corrected chi connectivity index (χ2v) is 5.75. The van der Waals surface area contributed by atoms with Crippen LogP contribution in [0.1, 0.15) is 49.3 Å². The van der Waals surface area contributed by atoms with Gasteiger partial charge in [0.2, 0.25) is 0 Å². The number of nitro benzene ring substituents is 1. The van der Waals surface area contributed by atoms with Gasteiger partial charge in [-0.1, -0.05) is 0 Å². The van der Waals surface area contributed by atoms with Gasteiger partial charge in [0.15, 0.2) is 5.90 Å². The summed E-state index contributed by atoms with van der Waals surface area (Å²) < 4.78 is 6.06. The fourth-order valence-corrected chi connectivity index (χ4v) is 3.59. The van der Waals surface area contributed by atoms with E-state index in [1.54, 1.807) is 6.07 Å².